The third kappa shape index (κ3) is 7.74. The highest BCUT2D eigenvalue weighted by Crippen LogP contribution is 2.02. The normalized spacial score (nSPS) is 12.5. The Hall–Kier alpha value is -0.610. The quantitative estimate of drug-likeness (QED) is 0.447. The lowest BCUT2D eigenvalue weighted by molar-refractivity contribution is -0.143. The lowest BCUT2D eigenvalue weighted by atomic mass is 10.1. The molecule has 0 saturated heterocycles. The number of unbranched alkanes of at least 4 members (excludes halogenated alkanes) is 1. The van der Waals surface area contributed by atoms with Crippen molar-refractivity contribution in [1.29, 1.82) is 0 Å². The van der Waals surface area contributed by atoms with E-state index in [9.17, 15) is 4.79 Å². The summed E-state index contributed by atoms with van der Waals surface area (Å²) in [6, 6.07) is -0.0781. The van der Waals surface area contributed by atoms with Gasteiger partial charge in [-0.2, -0.15) is 0 Å². The van der Waals surface area contributed by atoms with E-state index in [1.165, 1.54) is 0 Å². The molecule has 78 valence electrons. The summed E-state index contributed by atoms with van der Waals surface area (Å²) in [5.74, 6) is -0.206. The second-order valence-corrected chi connectivity index (χ2v) is 3.05. The van der Waals surface area contributed by atoms with Crippen LogP contribution in [-0.4, -0.2) is 25.2 Å². The van der Waals surface area contributed by atoms with Crippen molar-refractivity contribution in [3.63, 3.8) is 0 Å². The molecule has 0 aromatic carbocycles. The van der Waals surface area contributed by atoms with Gasteiger partial charge in [-0.3, -0.25) is 4.79 Å². The maximum absolute atomic E-state index is 11.0. The van der Waals surface area contributed by atoms with E-state index >= 15 is 0 Å². The Bertz CT molecular complexity index is 140. The van der Waals surface area contributed by atoms with Gasteiger partial charge in [-0.15, -0.1) is 0 Å². The molecule has 0 bridgehead atoms. The molecule has 13 heavy (non-hydrogen) atoms. The zero-order chi connectivity index (χ0) is 10.1. The highest BCUT2D eigenvalue weighted by Gasteiger charge is 2.09. The minimum Gasteiger partial charge on any atom is -0.466 e. The Morgan fingerprint density at radius 3 is 2.69 bits per heavy atom. The molecular weight excluding hydrogens is 168 g/mol. The molecule has 0 saturated carbocycles. The van der Waals surface area contributed by atoms with Crippen LogP contribution >= 0.6 is 0 Å². The van der Waals surface area contributed by atoms with Gasteiger partial charge in [-0.1, -0.05) is 6.42 Å². The van der Waals surface area contributed by atoms with Gasteiger partial charge in [0.2, 0.25) is 0 Å². The summed E-state index contributed by atoms with van der Waals surface area (Å²) < 4.78 is 4.78. The fourth-order valence-corrected chi connectivity index (χ4v) is 1.09. The van der Waals surface area contributed by atoms with E-state index < -0.39 is 0 Å². The molecule has 0 fully saturated rings. The van der Waals surface area contributed by atoms with Crippen LogP contribution in [0.15, 0.2) is 0 Å². The van der Waals surface area contributed by atoms with E-state index in [1.807, 2.05) is 0 Å². The van der Waals surface area contributed by atoms with Crippen molar-refractivity contribution in [2.45, 2.75) is 38.6 Å². The smallest absolute Gasteiger partial charge is 0.307 e. The van der Waals surface area contributed by atoms with Crippen molar-refractivity contribution in [2.75, 3.05) is 13.2 Å². The van der Waals surface area contributed by atoms with Crippen LogP contribution in [0.25, 0.3) is 0 Å². The summed E-state index contributed by atoms with van der Waals surface area (Å²) in [6.07, 6.45) is 3.11. The van der Waals surface area contributed by atoms with Crippen molar-refractivity contribution in [3.8, 4) is 0 Å². The van der Waals surface area contributed by atoms with Gasteiger partial charge in [0, 0.05) is 6.04 Å². The fraction of sp³-hybridized carbons (Fsp3) is 0.889. The average Bonchev–Trinajstić information content (AvgIpc) is 2.05. The molecule has 1 atom stereocenters. The minimum atomic E-state index is -0.206. The number of rotatable bonds is 7. The van der Waals surface area contributed by atoms with Gasteiger partial charge in [-0.05, 0) is 26.3 Å². The number of carbonyl (C=O) groups excluding carboxylic acids is 1. The number of carbonyl (C=O) groups is 1. The van der Waals surface area contributed by atoms with Crippen molar-refractivity contribution in [3.05, 3.63) is 0 Å². The zero-order valence-electron chi connectivity index (χ0n) is 8.29. The third-order valence-electron chi connectivity index (χ3n) is 1.76. The minimum absolute atomic E-state index is 0.0781. The van der Waals surface area contributed by atoms with Gasteiger partial charge in [0.25, 0.3) is 0 Å². The highest BCUT2D eigenvalue weighted by molar-refractivity contribution is 5.70. The van der Waals surface area contributed by atoms with Crippen LogP contribution in [-0.2, 0) is 9.53 Å². The van der Waals surface area contributed by atoms with Gasteiger partial charge in [-0.25, -0.2) is 0 Å². The monoisotopic (exact) mass is 188 g/mol. The van der Waals surface area contributed by atoms with Crippen molar-refractivity contribution in [2.24, 2.45) is 11.5 Å². The maximum Gasteiger partial charge on any atom is 0.307 e. The lowest BCUT2D eigenvalue weighted by Crippen LogP contribution is -2.25. The van der Waals surface area contributed by atoms with Crippen molar-refractivity contribution < 1.29 is 9.53 Å². The van der Waals surface area contributed by atoms with E-state index in [1.54, 1.807) is 6.92 Å². The molecule has 0 amide bonds. The molecule has 0 rings (SSSR count). The average molecular weight is 188 g/mol. The van der Waals surface area contributed by atoms with Crippen LogP contribution in [0.4, 0.5) is 0 Å². The Morgan fingerprint density at radius 1 is 1.46 bits per heavy atom. The van der Waals surface area contributed by atoms with Gasteiger partial charge in [0.05, 0.1) is 13.0 Å². The van der Waals surface area contributed by atoms with E-state index in [4.69, 9.17) is 16.2 Å². The predicted molar refractivity (Wildman–Crippen MR) is 52.1 cm³/mol. The number of hydrogen-bond acceptors (Lipinski definition) is 4. The van der Waals surface area contributed by atoms with E-state index in [0.717, 1.165) is 19.3 Å². The second kappa shape index (κ2) is 8.01. The number of nitrogens with two attached hydrogens (primary N) is 2. The molecule has 0 heterocycles. The Morgan fingerprint density at radius 2 is 2.15 bits per heavy atom. The SMILES string of the molecule is CCOC(=O)C[C@@H](N)CCCCN. The molecule has 0 aliphatic heterocycles. The second-order valence-electron chi connectivity index (χ2n) is 3.05. The van der Waals surface area contributed by atoms with Crippen LogP contribution < -0.4 is 11.5 Å². The standard InChI is InChI=1S/C9H20N2O2/c1-2-13-9(12)7-8(11)5-3-4-6-10/h8H,2-7,10-11H2,1H3/t8-/m0/s1. The summed E-state index contributed by atoms with van der Waals surface area (Å²) in [7, 11) is 0. The van der Waals surface area contributed by atoms with Gasteiger partial charge < -0.3 is 16.2 Å². The van der Waals surface area contributed by atoms with Crippen LogP contribution in [0.5, 0.6) is 0 Å². The molecule has 0 unspecified atom stereocenters. The first-order valence-corrected chi connectivity index (χ1v) is 4.82. The molecule has 0 aliphatic rings. The summed E-state index contributed by atoms with van der Waals surface area (Å²) in [4.78, 5) is 11.0. The number of ether oxygens (including phenoxy) is 1. The zero-order valence-corrected chi connectivity index (χ0v) is 8.29. The summed E-state index contributed by atoms with van der Waals surface area (Å²) in [5, 5.41) is 0. The van der Waals surface area contributed by atoms with Crippen LogP contribution in [0.3, 0.4) is 0 Å². The molecule has 0 spiro atoms. The largest absolute Gasteiger partial charge is 0.466 e. The summed E-state index contributed by atoms with van der Waals surface area (Å²) >= 11 is 0. The van der Waals surface area contributed by atoms with Gasteiger partial charge in [0.1, 0.15) is 0 Å². The molecule has 4 N–H and O–H groups in total. The first-order valence-electron chi connectivity index (χ1n) is 4.82. The lowest BCUT2D eigenvalue weighted by Gasteiger charge is -2.09. The van der Waals surface area contributed by atoms with Crippen molar-refractivity contribution in [1.82, 2.24) is 0 Å². The molecule has 0 radical (unpaired) electrons. The van der Waals surface area contributed by atoms with Crippen LogP contribution in [0, 0.1) is 0 Å². The first kappa shape index (κ1) is 12.4. The predicted octanol–water partition coefficient (Wildman–Crippen LogP) is 0.396. The Labute approximate surface area is 79.6 Å². The van der Waals surface area contributed by atoms with Crippen LogP contribution in [0.1, 0.15) is 32.6 Å². The topological polar surface area (TPSA) is 78.3 Å². The molecular formula is C9H20N2O2. The van der Waals surface area contributed by atoms with E-state index in [2.05, 4.69) is 0 Å². The third-order valence-corrected chi connectivity index (χ3v) is 1.76. The van der Waals surface area contributed by atoms with Crippen LogP contribution in [0.2, 0.25) is 0 Å². The molecule has 0 aromatic heterocycles. The molecule has 4 heteroatoms. The molecule has 0 aromatic rings. The van der Waals surface area contributed by atoms with Gasteiger partial charge in [0.15, 0.2) is 0 Å². The summed E-state index contributed by atoms with van der Waals surface area (Å²) in [6.45, 7) is 2.90. The number of esters is 1. The number of hydrogen-bond donors (Lipinski definition) is 2. The molecule has 0 aliphatic carbocycles. The fourth-order valence-electron chi connectivity index (χ4n) is 1.09. The van der Waals surface area contributed by atoms with E-state index in [-0.39, 0.29) is 12.0 Å². The molecule has 4 nitrogen and oxygen atoms in total. The van der Waals surface area contributed by atoms with Crippen molar-refractivity contribution >= 4 is 5.97 Å². The Balaban J connectivity index is 3.38. The Kier molecular flexibility index (Phi) is 7.63. The highest BCUT2D eigenvalue weighted by atomic mass is 16.5. The van der Waals surface area contributed by atoms with E-state index in [0.29, 0.717) is 19.6 Å². The van der Waals surface area contributed by atoms with Gasteiger partial charge >= 0.3 is 5.97 Å². The maximum atomic E-state index is 11.0. The first-order chi connectivity index (χ1) is 6.20. The summed E-state index contributed by atoms with van der Waals surface area (Å²) in [5.41, 5.74) is 11.0.